The van der Waals surface area contributed by atoms with Crippen LogP contribution < -0.4 is 0 Å². The minimum atomic E-state index is -0.427. The number of ether oxygens (including phenoxy) is 2. The van der Waals surface area contributed by atoms with Crippen LogP contribution in [-0.2, 0) is 14.3 Å². The number of carbonyl (C=O) groups excluding carboxylic acids is 1. The third-order valence-corrected chi connectivity index (χ3v) is 3.26. The summed E-state index contributed by atoms with van der Waals surface area (Å²) >= 11 is 0. The molecule has 0 spiro atoms. The Bertz CT molecular complexity index is 258. The number of carbonyl (C=O) groups is 1. The number of hydrogen-bond acceptors (Lipinski definition) is 3. The van der Waals surface area contributed by atoms with E-state index in [1.54, 1.807) is 0 Å². The fraction of sp³-hybridized carbons (Fsp3) is 0.769. The molecule has 3 nitrogen and oxygen atoms in total. The average Bonchev–Trinajstić information content (AvgIpc) is 2.20. The van der Waals surface area contributed by atoms with Crippen molar-refractivity contribution in [3.05, 3.63) is 12.7 Å². The largest absolute Gasteiger partial charge is 0.435 e. The van der Waals surface area contributed by atoms with E-state index in [2.05, 4.69) is 27.4 Å². The molecule has 0 aromatic heterocycles. The first-order valence-electron chi connectivity index (χ1n) is 5.85. The first kappa shape index (κ1) is 13.2. The third kappa shape index (κ3) is 3.97. The molecule has 2 atom stereocenters. The van der Waals surface area contributed by atoms with Crippen LogP contribution in [0.5, 0.6) is 0 Å². The number of hydrogen-bond donors (Lipinski definition) is 0. The van der Waals surface area contributed by atoms with E-state index in [-0.39, 0.29) is 12.9 Å². The SMILES string of the molecule is C=CC(=O)OCOC1CCC(C)(C)CC1C. The molecule has 1 rings (SSSR count). The molecule has 0 aliphatic heterocycles. The highest BCUT2D eigenvalue weighted by atomic mass is 16.7. The molecular formula is C13H22O3. The predicted molar refractivity (Wildman–Crippen MR) is 62.8 cm³/mol. The highest BCUT2D eigenvalue weighted by Crippen LogP contribution is 2.39. The van der Waals surface area contributed by atoms with Gasteiger partial charge < -0.3 is 9.47 Å². The van der Waals surface area contributed by atoms with Crippen LogP contribution in [0, 0.1) is 11.3 Å². The maximum atomic E-state index is 10.8. The fourth-order valence-corrected chi connectivity index (χ4v) is 2.41. The summed E-state index contributed by atoms with van der Waals surface area (Å²) in [6, 6.07) is 0. The summed E-state index contributed by atoms with van der Waals surface area (Å²) in [5.74, 6) is 0.0926. The molecule has 1 fully saturated rings. The number of rotatable bonds is 4. The van der Waals surface area contributed by atoms with Gasteiger partial charge in [0.2, 0.25) is 0 Å². The monoisotopic (exact) mass is 226 g/mol. The van der Waals surface area contributed by atoms with Gasteiger partial charge in [-0.25, -0.2) is 4.79 Å². The van der Waals surface area contributed by atoms with E-state index in [1.165, 1.54) is 0 Å². The van der Waals surface area contributed by atoms with Crippen LogP contribution in [0.15, 0.2) is 12.7 Å². The highest BCUT2D eigenvalue weighted by Gasteiger charge is 2.32. The summed E-state index contributed by atoms with van der Waals surface area (Å²) < 4.78 is 10.4. The molecule has 0 aromatic rings. The zero-order valence-electron chi connectivity index (χ0n) is 10.5. The first-order chi connectivity index (χ1) is 7.44. The van der Waals surface area contributed by atoms with Crippen molar-refractivity contribution < 1.29 is 14.3 Å². The van der Waals surface area contributed by atoms with Gasteiger partial charge in [0, 0.05) is 6.08 Å². The molecule has 1 aliphatic carbocycles. The molecule has 16 heavy (non-hydrogen) atoms. The van der Waals surface area contributed by atoms with Crippen molar-refractivity contribution in [2.24, 2.45) is 11.3 Å². The van der Waals surface area contributed by atoms with E-state index < -0.39 is 5.97 Å². The van der Waals surface area contributed by atoms with Gasteiger partial charge in [0.25, 0.3) is 0 Å². The van der Waals surface area contributed by atoms with Crippen LogP contribution >= 0.6 is 0 Å². The molecule has 0 aromatic carbocycles. The van der Waals surface area contributed by atoms with Crippen molar-refractivity contribution >= 4 is 5.97 Å². The lowest BCUT2D eigenvalue weighted by Gasteiger charge is -2.38. The minimum Gasteiger partial charge on any atom is -0.435 e. The van der Waals surface area contributed by atoms with Crippen molar-refractivity contribution in [2.75, 3.05) is 6.79 Å². The molecule has 0 bridgehead atoms. The summed E-state index contributed by atoms with van der Waals surface area (Å²) in [6.45, 7) is 10.1. The summed E-state index contributed by atoms with van der Waals surface area (Å²) in [7, 11) is 0. The molecule has 0 radical (unpaired) electrons. The molecular weight excluding hydrogens is 204 g/mol. The van der Waals surface area contributed by atoms with Crippen molar-refractivity contribution in [2.45, 2.75) is 46.1 Å². The van der Waals surface area contributed by atoms with Crippen LogP contribution in [0.2, 0.25) is 0 Å². The van der Waals surface area contributed by atoms with Crippen molar-refractivity contribution in [3.8, 4) is 0 Å². The Kier molecular flexibility index (Phi) is 4.54. The maximum Gasteiger partial charge on any atom is 0.332 e. The van der Waals surface area contributed by atoms with E-state index in [0.717, 1.165) is 25.3 Å². The normalized spacial score (nSPS) is 28.4. The second-order valence-electron chi connectivity index (χ2n) is 5.37. The van der Waals surface area contributed by atoms with Crippen molar-refractivity contribution in [1.29, 1.82) is 0 Å². The van der Waals surface area contributed by atoms with Gasteiger partial charge in [-0.2, -0.15) is 0 Å². The van der Waals surface area contributed by atoms with Gasteiger partial charge >= 0.3 is 5.97 Å². The summed E-state index contributed by atoms with van der Waals surface area (Å²) in [6.07, 6.45) is 4.73. The summed E-state index contributed by atoms with van der Waals surface area (Å²) in [5, 5.41) is 0. The first-order valence-corrected chi connectivity index (χ1v) is 5.85. The Balaban J connectivity index is 2.28. The van der Waals surface area contributed by atoms with Crippen LogP contribution in [0.4, 0.5) is 0 Å². The van der Waals surface area contributed by atoms with Crippen LogP contribution in [0.3, 0.4) is 0 Å². The Hall–Kier alpha value is -0.830. The van der Waals surface area contributed by atoms with Gasteiger partial charge in [-0.3, -0.25) is 0 Å². The average molecular weight is 226 g/mol. The van der Waals surface area contributed by atoms with E-state index >= 15 is 0 Å². The maximum absolute atomic E-state index is 10.8. The van der Waals surface area contributed by atoms with Crippen LogP contribution in [0.25, 0.3) is 0 Å². The van der Waals surface area contributed by atoms with E-state index in [1.807, 2.05) is 0 Å². The molecule has 1 saturated carbocycles. The second-order valence-corrected chi connectivity index (χ2v) is 5.37. The lowest BCUT2D eigenvalue weighted by Crippen LogP contribution is -2.34. The molecule has 92 valence electrons. The lowest BCUT2D eigenvalue weighted by atomic mass is 9.71. The van der Waals surface area contributed by atoms with E-state index in [9.17, 15) is 4.79 Å². The lowest BCUT2D eigenvalue weighted by molar-refractivity contribution is -0.161. The fourth-order valence-electron chi connectivity index (χ4n) is 2.41. The van der Waals surface area contributed by atoms with Gasteiger partial charge in [0.15, 0.2) is 6.79 Å². The molecule has 0 saturated heterocycles. The van der Waals surface area contributed by atoms with Gasteiger partial charge in [-0.15, -0.1) is 0 Å². The predicted octanol–water partition coefficient (Wildman–Crippen LogP) is 2.90. The minimum absolute atomic E-state index is 0.0420. The summed E-state index contributed by atoms with van der Waals surface area (Å²) in [5.41, 5.74) is 0.414. The van der Waals surface area contributed by atoms with Crippen molar-refractivity contribution in [3.63, 3.8) is 0 Å². The smallest absolute Gasteiger partial charge is 0.332 e. The molecule has 1 aliphatic rings. The molecule has 0 heterocycles. The zero-order valence-corrected chi connectivity index (χ0v) is 10.5. The standard InChI is InChI=1S/C13H22O3/c1-5-12(14)16-9-15-11-6-7-13(3,4)8-10(11)2/h5,10-11H,1,6-9H2,2-4H3. The Morgan fingerprint density at radius 1 is 1.56 bits per heavy atom. The Labute approximate surface area is 97.8 Å². The van der Waals surface area contributed by atoms with Gasteiger partial charge in [0.05, 0.1) is 6.10 Å². The number of esters is 1. The van der Waals surface area contributed by atoms with Gasteiger partial charge in [0.1, 0.15) is 0 Å². The van der Waals surface area contributed by atoms with Crippen molar-refractivity contribution in [1.82, 2.24) is 0 Å². The molecule has 2 unspecified atom stereocenters. The second kappa shape index (κ2) is 5.48. The molecule has 3 heteroatoms. The summed E-state index contributed by atoms with van der Waals surface area (Å²) in [4.78, 5) is 10.8. The van der Waals surface area contributed by atoms with Crippen LogP contribution in [-0.4, -0.2) is 18.9 Å². The quantitative estimate of drug-likeness (QED) is 0.420. The van der Waals surface area contributed by atoms with E-state index in [4.69, 9.17) is 9.47 Å². The zero-order chi connectivity index (χ0) is 12.2. The third-order valence-electron chi connectivity index (χ3n) is 3.26. The van der Waals surface area contributed by atoms with Gasteiger partial charge in [-0.1, -0.05) is 27.4 Å². The Morgan fingerprint density at radius 2 is 2.25 bits per heavy atom. The van der Waals surface area contributed by atoms with Crippen LogP contribution in [0.1, 0.15) is 40.0 Å². The molecule has 0 N–H and O–H groups in total. The van der Waals surface area contributed by atoms with Gasteiger partial charge in [-0.05, 0) is 30.6 Å². The highest BCUT2D eigenvalue weighted by molar-refractivity contribution is 5.81. The molecule has 0 amide bonds. The van der Waals surface area contributed by atoms with E-state index in [0.29, 0.717) is 11.3 Å². The Morgan fingerprint density at radius 3 is 2.81 bits per heavy atom. The topological polar surface area (TPSA) is 35.5 Å².